The summed E-state index contributed by atoms with van der Waals surface area (Å²) in [7, 11) is 1.86. The van der Waals surface area contributed by atoms with Crippen molar-refractivity contribution in [2.45, 2.75) is 51.4 Å². The Morgan fingerprint density at radius 2 is 1.80 bits per heavy atom. The van der Waals surface area contributed by atoms with Crippen LogP contribution in [0.1, 0.15) is 51.5 Å². The minimum atomic E-state index is 0.293. The van der Waals surface area contributed by atoms with Crippen LogP contribution in [0, 0.1) is 0 Å². The Balaban J connectivity index is 1.71. The van der Waals surface area contributed by atoms with Gasteiger partial charge in [0.15, 0.2) is 5.96 Å². The van der Waals surface area contributed by atoms with Crippen molar-refractivity contribution in [2.24, 2.45) is 4.99 Å². The van der Waals surface area contributed by atoms with E-state index in [0.717, 1.165) is 32.1 Å². The van der Waals surface area contributed by atoms with E-state index in [1.807, 2.05) is 7.05 Å². The molecule has 0 aliphatic heterocycles. The molecule has 140 valence electrons. The molecule has 0 heterocycles. The predicted molar refractivity (Wildman–Crippen MR) is 108 cm³/mol. The van der Waals surface area contributed by atoms with Gasteiger partial charge in [-0.15, -0.1) is 0 Å². The summed E-state index contributed by atoms with van der Waals surface area (Å²) in [6, 6.07) is 10.9. The van der Waals surface area contributed by atoms with Crippen LogP contribution in [-0.4, -0.2) is 50.6 Å². The molecular weight excluding hydrogens is 308 g/mol. The van der Waals surface area contributed by atoms with Gasteiger partial charge in [0.2, 0.25) is 0 Å². The molecule has 0 atom stereocenters. The minimum absolute atomic E-state index is 0.293. The lowest BCUT2D eigenvalue weighted by atomic mass is 9.64. The molecule has 0 radical (unpaired) electrons. The summed E-state index contributed by atoms with van der Waals surface area (Å²) in [4.78, 5) is 6.87. The van der Waals surface area contributed by atoms with Crippen LogP contribution in [0.25, 0.3) is 0 Å². The van der Waals surface area contributed by atoms with E-state index in [2.05, 4.69) is 64.7 Å². The Hall–Kier alpha value is -1.55. The first-order valence-electron chi connectivity index (χ1n) is 9.96. The molecule has 2 rings (SSSR count). The average molecular weight is 345 g/mol. The van der Waals surface area contributed by atoms with E-state index in [4.69, 9.17) is 0 Å². The molecule has 0 amide bonds. The highest BCUT2D eigenvalue weighted by atomic mass is 15.2. The van der Waals surface area contributed by atoms with E-state index >= 15 is 0 Å². The summed E-state index contributed by atoms with van der Waals surface area (Å²) in [5.74, 6) is 0.935. The number of guanidine groups is 1. The zero-order valence-corrected chi connectivity index (χ0v) is 16.4. The maximum atomic E-state index is 4.39. The first-order chi connectivity index (χ1) is 12.2. The molecule has 1 saturated carbocycles. The zero-order valence-electron chi connectivity index (χ0n) is 16.4. The number of nitrogens with zero attached hydrogens (tertiary/aromatic N) is 2. The minimum Gasteiger partial charge on any atom is -0.356 e. The average Bonchev–Trinajstić information content (AvgIpc) is 2.63. The predicted octanol–water partition coefficient (Wildman–Crippen LogP) is 3.40. The van der Waals surface area contributed by atoms with Gasteiger partial charge in [-0.25, -0.2) is 0 Å². The van der Waals surface area contributed by atoms with Gasteiger partial charge in [0, 0.05) is 25.6 Å². The fourth-order valence-electron chi connectivity index (χ4n) is 3.64. The Morgan fingerprint density at radius 1 is 1.08 bits per heavy atom. The smallest absolute Gasteiger partial charge is 0.191 e. The maximum Gasteiger partial charge on any atom is 0.191 e. The second kappa shape index (κ2) is 10.4. The van der Waals surface area contributed by atoms with E-state index in [-0.39, 0.29) is 0 Å². The molecule has 25 heavy (non-hydrogen) atoms. The molecule has 1 aliphatic rings. The number of hydrogen-bond acceptors (Lipinski definition) is 2. The van der Waals surface area contributed by atoms with Crippen molar-refractivity contribution < 1.29 is 0 Å². The lowest BCUT2D eigenvalue weighted by molar-refractivity contribution is 0.244. The van der Waals surface area contributed by atoms with Gasteiger partial charge in [-0.1, -0.05) is 50.6 Å². The van der Waals surface area contributed by atoms with Crippen LogP contribution in [0.15, 0.2) is 35.3 Å². The normalized spacial score (nSPS) is 16.6. The molecule has 4 nitrogen and oxygen atoms in total. The summed E-state index contributed by atoms with van der Waals surface area (Å²) in [5.41, 5.74) is 1.75. The molecular formula is C21H36N4. The fourth-order valence-corrected chi connectivity index (χ4v) is 3.64. The summed E-state index contributed by atoms with van der Waals surface area (Å²) in [5, 5.41) is 7.03. The third-order valence-corrected chi connectivity index (χ3v) is 5.60. The zero-order chi connectivity index (χ0) is 18.0. The first kappa shape index (κ1) is 19.8. The number of unbranched alkanes of at least 4 members (excludes halogenated alkanes) is 1. The molecule has 1 fully saturated rings. The molecule has 0 unspecified atom stereocenters. The summed E-state index contributed by atoms with van der Waals surface area (Å²) >= 11 is 0. The van der Waals surface area contributed by atoms with Gasteiger partial charge in [0.25, 0.3) is 0 Å². The molecule has 0 saturated heterocycles. The van der Waals surface area contributed by atoms with Crippen LogP contribution >= 0.6 is 0 Å². The van der Waals surface area contributed by atoms with Crippen molar-refractivity contribution in [3.8, 4) is 0 Å². The second-order valence-electron chi connectivity index (χ2n) is 7.09. The van der Waals surface area contributed by atoms with Crippen molar-refractivity contribution in [2.75, 3.05) is 39.8 Å². The highest BCUT2D eigenvalue weighted by Crippen LogP contribution is 2.43. The molecule has 1 aromatic rings. The third-order valence-electron chi connectivity index (χ3n) is 5.60. The summed E-state index contributed by atoms with van der Waals surface area (Å²) < 4.78 is 0. The number of nitrogens with one attached hydrogen (secondary N) is 2. The largest absolute Gasteiger partial charge is 0.356 e. The maximum absolute atomic E-state index is 4.39. The highest BCUT2D eigenvalue weighted by molar-refractivity contribution is 5.79. The van der Waals surface area contributed by atoms with Gasteiger partial charge in [-0.2, -0.15) is 0 Å². The third kappa shape index (κ3) is 5.74. The lowest BCUT2D eigenvalue weighted by Crippen LogP contribution is -2.49. The Bertz CT molecular complexity index is 504. The Labute approximate surface area is 154 Å². The number of aliphatic imine (C=N–C) groups is 1. The second-order valence-corrected chi connectivity index (χ2v) is 7.09. The lowest BCUT2D eigenvalue weighted by Gasteiger charge is -2.43. The number of hydrogen-bond donors (Lipinski definition) is 2. The van der Waals surface area contributed by atoms with Crippen LogP contribution in [0.4, 0.5) is 0 Å². The van der Waals surface area contributed by atoms with Gasteiger partial charge in [0.05, 0.1) is 0 Å². The van der Waals surface area contributed by atoms with Crippen molar-refractivity contribution >= 4 is 5.96 Å². The van der Waals surface area contributed by atoms with Crippen molar-refractivity contribution in [1.82, 2.24) is 15.5 Å². The van der Waals surface area contributed by atoms with Crippen LogP contribution in [0.5, 0.6) is 0 Å². The van der Waals surface area contributed by atoms with Crippen LogP contribution in [0.3, 0.4) is 0 Å². The molecule has 0 bridgehead atoms. The first-order valence-corrected chi connectivity index (χ1v) is 9.96. The van der Waals surface area contributed by atoms with Gasteiger partial charge >= 0.3 is 0 Å². The van der Waals surface area contributed by atoms with Gasteiger partial charge in [-0.05, 0) is 50.9 Å². The molecule has 2 N–H and O–H groups in total. The number of rotatable bonds is 10. The van der Waals surface area contributed by atoms with E-state index in [9.17, 15) is 0 Å². The molecule has 1 aliphatic carbocycles. The SMILES string of the molecule is CCN(CC)CCCCNC(=NC)NCC1(c2ccccc2)CCC1. The van der Waals surface area contributed by atoms with Gasteiger partial charge in [0.1, 0.15) is 0 Å². The fraction of sp³-hybridized carbons (Fsp3) is 0.667. The molecule has 1 aromatic carbocycles. The Morgan fingerprint density at radius 3 is 2.36 bits per heavy atom. The van der Waals surface area contributed by atoms with Crippen molar-refractivity contribution in [3.63, 3.8) is 0 Å². The summed E-state index contributed by atoms with van der Waals surface area (Å²) in [6.07, 6.45) is 6.28. The highest BCUT2D eigenvalue weighted by Gasteiger charge is 2.38. The number of benzene rings is 1. The molecule has 0 aromatic heterocycles. The monoisotopic (exact) mass is 344 g/mol. The molecule has 4 heteroatoms. The van der Waals surface area contributed by atoms with Crippen LogP contribution in [-0.2, 0) is 5.41 Å². The van der Waals surface area contributed by atoms with E-state index in [1.54, 1.807) is 0 Å². The Kier molecular flexibility index (Phi) is 8.26. The van der Waals surface area contributed by atoms with Gasteiger partial charge in [-0.3, -0.25) is 4.99 Å². The van der Waals surface area contributed by atoms with Crippen LogP contribution in [0.2, 0.25) is 0 Å². The van der Waals surface area contributed by atoms with Crippen molar-refractivity contribution in [3.05, 3.63) is 35.9 Å². The summed E-state index contributed by atoms with van der Waals surface area (Å²) in [6.45, 7) is 9.91. The van der Waals surface area contributed by atoms with E-state index in [0.29, 0.717) is 5.41 Å². The van der Waals surface area contributed by atoms with E-state index in [1.165, 1.54) is 44.2 Å². The molecule has 0 spiro atoms. The standard InChI is InChI=1S/C21H36N4/c1-4-25(5-2)17-10-9-16-23-20(22-3)24-18-21(14-11-15-21)19-12-7-6-8-13-19/h6-8,12-13H,4-5,9-11,14-18H2,1-3H3,(H2,22,23,24). The topological polar surface area (TPSA) is 39.7 Å². The van der Waals surface area contributed by atoms with Gasteiger partial charge < -0.3 is 15.5 Å². The van der Waals surface area contributed by atoms with Crippen molar-refractivity contribution in [1.29, 1.82) is 0 Å². The van der Waals surface area contributed by atoms with E-state index < -0.39 is 0 Å². The quantitative estimate of drug-likeness (QED) is 0.388. The van der Waals surface area contributed by atoms with Crippen LogP contribution < -0.4 is 10.6 Å².